The molecule has 1 N–H and O–H groups in total. The number of esters is 1. The molecule has 4 rings (SSSR count). The number of thiophene rings is 1. The Morgan fingerprint density at radius 1 is 1.03 bits per heavy atom. The molecule has 0 bridgehead atoms. The van der Waals surface area contributed by atoms with Crippen molar-refractivity contribution in [3.8, 4) is 0 Å². The highest BCUT2D eigenvalue weighted by molar-refractivity contribution is 7.08. The van der Waals surface area contributed by atoms with Crippen molar-refractivity contribution in [2.75, 3.05) is 12.0 Å². The standard InChI is InChI=1S/C28H29FN2O4S/c1-35-28(34)21-9-13-24(14-10-21)31(25(32)17-19-15-16-36-18-19)26(20-7-11-22(29)12-8-20)27(33)30-23-5-3-2-4-6-23/h7-16,18,23,26H,2-6,17H2,1H3,(H,30,33). The molecule has 188 valence electrons. The number of carbonyl (C=O) groups excluding carboxylic acids is 3. The van der Waals surface area contributed by atoms with Crippen LogP contribution in [0.15, 0.2) is 65.4 Å². The van der Waals surface area contributed by atoms with Crippen LogP contribution in [0.4, 0.5) is 10.1 Å². The normalized spacial score (nSPS) is 14.6. The summed E-state index contributed by atoms with van der Waals surface area (Å²) in [6, 6.07) is 12.9. The lowest BCUT2D eigenvalue weighted by atomic mass is 9.94. The lowest BCUT2D eigenvalue weighted by Crippen LogP contribution is -2.47. The number of anilines is 1. The molecule has 0 spiro atoms. The van der Waals surface area contributed by atoms with Crippen molar-refractivity contribution in [2.24, 2.45) is 0 Å². The van der Waals surface area contributed by atoms with Crippen molar-refractivity contribution in [1.29, 1.82) is 0 Å². The molecule has 2 amide bonds. The molecule has 1 unspecified atom stereocenters. The Hall–Kier alpha value is -3.52. The summed E-state index contributed by atoms with van der Waals surface area (Å²) in [7, 11) is 1.30. The summed E-state index contributed by atoms with van der Waals surface area (Å²) < 4.78 is 18.6. The fourth-order valence-electron chi connectivity index (χ4n) is 4.56. The van der Waals surface area contributed by atoms with Crippen LogP contribution in [0.25, 0.3) is 0 Å². The molecule has 1 fully saturated rings. The molecule has 0 saturated heterocycles. The van der Waals surface area contributed by atoms with E-state index in [0.29, 0.717) is 16.8 Å². The quantitative estimate of drug-likeness (QED) is 0.411. The van der Waals surface area contributed by atoms with Gasteiger partial charge in [-0.3, -0.25) is 14.5 Å². The molecule has 6 nitrogen and oxygen atoms in total. The highest BCUT2D eigenvalue weighted by Gasteiger charge is 2.34. The van der Waals surface area contributed by atoms with Crippen LogP contribution in [0.3, 0.4) is 0 Å². The van der Waals surface area contributed by atoms with Gasteiger partial charge in [-0.05, 0) is 77.2 Å². The summed E-state index contributed by atoms with van der Waals surface area (Å²) in [5, 5.41) is 6.92. The lowest BCUT2D eigenvalue weighted by Gasteiger charge is -2.33. The predicted octanol–water partition coefficient (Wildman–Crippen LogP) is 5.44. The van der Waals surface area contributed by atoms with Crippen LogP contribution in [-0.2, 0) is 20.7 Å². The van der Waals surface area contributed by atoms with Crippen molar-refractivity contribution >= 4 is 34.8 Å². The van der Waals surface area contributed by atoms with Crippen molar-refractivity contribution in [1.82, 2.24) is 5.32 Å². The van der Waals surface area contributed by atoms with Gasteiger partial charge in [0.05, 0.1) is 19.1 Å². The molecular formula is C28H29FN2O4S. The van der Waals surface area contributed by atoms with Crippen molar-refractivity contribution in [2.45, 2.75) is 50.6 Å². The van der Waals surface area contributed by atoms with E-state index >= 15 is 0 Å². The molecule has 1 aliphatic carbocycles. The molecule has 1 atom stereocenters. The summed E-state index contributed by atoms with van der Waals surface area (Å²) in [5.74, 6) is -1.52. The summed E-state index contributed by atoms with van der Waals surface area (Å²) in [4.78, 5) is 40.9. The first-order valence-corrected chi connectivity index (χ1v) is 13.0. The molecular weight excluding hydrogens is 479 g/mol. The Kier molecular flexibility index (Phi) is 8.48. The average molecular weight is 509 g/mol. The number of carbonyl (C=O) groups is 3. The zero-order valence-corrected chi connectivity index (χ0v) is 20.9. The van der Waals surface area contributed by atoms with Gasteiger partial charge in [0.2, 0.25) is 11.8 Å². The fraction of sp³-hybridized carbons (Fsp3) is 0.321. The number of halogens is 1. The third kappa shape index (κ3) is 6.18. The molecule has 8 heteroatoms. The van der Waals surface area contributed by atoms with Crippen LogP contribution in [0.5, 0.6) is 0 Å². The molecule has 0 radical (unpaired) electrons. The first kappa shape index (κ1) is 25.6. The van der Waals surface area contributed by atoms with Gasteiger partial charge in [-0.15, -0.1) is 0 Å². The maximum atomic E-state index is 13.8. The van der Waals surface area contributed by atoms with Gasteiger partial charge in [0.25, 0.3) is 0 Å². The lowest BCUT2D eigenvalue weighted by molar-refractivity contribution is -0.127. The van der Waals surface area contributed by atoms with E-state index in [0.717, 1.165) is 37.7 Å². The van der Waals surface area contributed by atoms with Gasteiger partial charge in [-0.25, -0.2) is 9.18 Å². The summed E-state index contributed by atoms with van der Waals surface area (Å²) in [6.07, 6.45) is 5.10. The Balaban J connectivity index is 1.75. The molecule has 1 aliphatic rings. The van der Waals surface area contributed by atoms with Crippen LogP contribution >= 0.6 is 11.3 Å². The maximum absolute atomic E-state index is 13.8. The SMILES string of the molecule is COC(=O)c1ccc(N(C(=O)Cc2ccsc2)C(C(=O)NC2CCCCC2)c2ccc(F)cc2)cc1. The summed E-state index contributed by atoms with van der Waals surface area (Å²) >= 11 is 1.49. The summed E-state index contributed by atoms with van der Waals surface area (Å²) in [6.45, 7) is 0. The number of ether oxygens (including phenoxy) is 1. The zero-order chi connectivity index (χ0) is 25.5. The van der Waals surface area contributed by atoms with Crippen molar-refractivity contribution in [3.05, 3.63) is 87.9 Å². The van der Waals surface area contributed by atoms with Gasteiger partial charge < -0.3 is 10.1 Å². The van der Waals surface area contributed by atoms with Gasteiger partial charge >= 0.3 is 5.97 Å². The third-order valence-corrected chi connectivity index (χ3v) is 7.15. The van der Waals surface area contributed by atoms with E-state index in [2.05, 4.69) is 5.32 Å². The van der Waals surface area contributed by atoms with Crippen molar-refractivity contribution < 1.29 is 23.5 Å². The Morgan fingerprint density at radius 2 is 1.72 bits per heavy atom. The predicted molar refractivity (Wildman–Crippen MR) is 137 cm³/mol. The topological polar surface area (TPSA) is 75.7 Å². The first-order valence-electron chi connectivity index (χ1n) is 12.0. The number of benzene rings is 2. The van der Waals surface area contributed by atoms with E-state index in [1.165, 1.54) is 47.6 Å². The molecule has 1 aromatic heterocycles. The van der Waals surface area contributed by atoms with E-state index in [1.807, 2.05) is 16.8 Å². The molecule has 1 heterocycles. The number of amides is 2. The third-order valence-electron chi connectivity index (χ3n) is 6.41. The second kappa shape index (κ2) is 11.9. The summed E-state index contributed by atoms with van der Waals surface area (Å²) in [5.41, 5.74) is 2.12. The van der Waals surface area contributed by atoms with Crippen LogP contribution in [0.1, 0.15) is 59.6 Å². The van der Waals surface area contributed by atoms with E-state index in [9.17, 15) is 18.8 Å². The number of nitrogens with one attached hydrogen (secondary N) is 1. The van der Waals surface area contributed by atoms with Gasteiger partial charge in [0, 0.05) is 11.7 Å². The first-order chi connectivity index (χ1) is 17.5. The Morgan fingerprint density at radius 3 is 2.33 bits per heavy atom. The van der Waals surface area contributed by atoms with E-state index in [4.69, 9.17) is 4.74 Å². The highest BCUT2D eigenvalue weighted by atomic mass is 32.1. The Labute approximate surface area is 214 Å². The fourth-order valence-corrected chi connectivity index (χ4v) is 5.22. The largest absolute Gasteiger partial charge is 0.465 e. The van der Waals surface area contributed by atoms with Gasteiger partial charge in [-0.2, -0.15) is 11.3 Å². The van der Waals surface area contributed by atoms with Crippen LogP contribution in [0, 0.1) is 5.82 Å². The zero-order valence-electron chi connectivity index (χ0n) is 20.1. The van der Waals surface area contributed by atoms with Gasteiger partial charge in [0.15, 0.2) is 0 Å². The second-order valence-electron chi connectivity index (χ2n) is 8.91. The van der Waals surface area contributed by atoms with Crippen LogP contribution in [-0.4, -0.2) is 30.9 Å². The maximum Gasteiger partial charge on any atom is 0.337 e. The highest BCUT2D eigenvalue weighted by Crippen LogP contribution is 2.31. The minimum absolute atomic E-state index is 0.0322. The van der Waals surface area contributed by atoms with E-state index in [-0.39, 0.29) is 24.3 Å². The second-order valence-corrected chi connectivity index (χ2v) is 9.69. The number of methoxy groups -OCH3 is 1. The van der Waals surface area contributed by atoms with Crippen molar-refractivity contribution in [3.63, 3.8) is 0 Å². The van der Waals surface area contributed by atoms with Gasteiger partial charge in [-0.1, -0.05) is 31.4 Å². The molecule has 3 aromatic rings. The molecule has 2 aromatic carbocycles. The molecule has 1 saturated carbocycles. The average Bonchev–Trinajstić information content (AvgIpc) is 3.41. The Bertz CT molecular complexity index is 1170. The number of rotatable bonds is 8. The number of nitrogens with zero attached hydrogens (tertiary/aromatic N) is 1. The van der Waals surface area contributed by atoms with Crippen LogP contribution < -0.4 is 10.2 Å². The molecule has 0 aliphatic heterocycles. The smallest absolute Gasteiger partial charge is 0.337 e. The number of hydrogen-bond acceptors (Lipinski definition) is 5. The van der Waals surface area contributed by atoms with Crippen LogP contribution in [0.2, 0.25) is 0 Å². The molecule has 36 heavy (non-hydrogen) atoms. The number of hydrogen-bond donors (Lipinski definition) is 1. The monoisotopic (exact) mass is 508 g/mol. The van der Waals surface area contributed by atoms with E-state index in [1.54, 1.807) is 24.3 Å². The van der Waals surface area contributed by atoms with E-state index < -0.39 is 17.8 Å². The van der Waals surface area contributed by atoms with Gasteiger partial charge in [0.1, 0.15) is 11.9 Å². The minimum atomic E-state index is -1.01. The minimum Gasteiger partial charge on any atom is -0.465 e.